The Balaban J connectivity index is 4.33. The molecule has 6 nitrogen and oxygen atoms in total. The summed E-state index contributed by atoms with van der Waals surface area (Å²) >= 11 is 0. The maximum atomic E-state index is 12.8. The standard InChI is InChI=1S/C54H100O6/c1-4-7-10-13-16-19-22-25-27-29-32-35-38-41-44-47-53(56)59-50-51(49-58-52(55)46-43-40-37-34-31-24-21-18-15-12-9-6-3)60-54(57)48-45-42-39-36-33-30-28-26-23-20-17-14-11-8-5-2/h9,12,18,21,51H,4-8,10-11,13-17,19-20,22-50H2,1-3H3/b12-9-,21-18-. The van der Waals surface area contributed by atoms with Gasteiger partial charge in [0.05, 0.1) is 0 Å². The average molecular weight is 845 g/mol. The molecular weight excluding hydrogens is 745 g/mol. The van der Waals surface area contributed by atoms with Crippen LogP contribution >= 0.6 is 0 Å². The zero-order valence-electron chi connectivity index (χ0n) is 40.2. The molecule has 60 heavy (non-hydrogen) atoms. The van der Waals surface area contributed by atoms with Gasteiger partial charge in [0.2, 0.25) is 0 Å². The second-order valence-corrected chi connectivity index (χ2v) is 17.8. The summed E-state index contributed by atoms with van der Waals surface area (Å²) in [5.41, 5.74) is 0. The van der Waals surface area contributed by atoms with Gasteiger partial charge in [-0.25, -0.2) is 0 Å². The van der Waals surface area contributed by atoms with Gasteiger partial charge in [0, 0.05) is 19.3 Å². The van der Waals surface area contributed by atoms with E-state index < -0.39 is 6.10 Å². The zero-order valence-corrected chi connectivity index (χ0v) is 40.2. The average Bonchev–Trinajstić information content (AvgIpc) is 3.24. The maximum Gasteiger partial charge on any atom is 0.306 e. The summed E-state index contributed by atoms with van der Waals surface area (Å²) in [5, 5.41) is 0. The molecule has 0 aromatic heterocycles. The molecule has 0 aromatic rings. The Morgan fingerprint density at radius 1 is 0.350 bits per heavy atom. The van der Waals surface area contributed by atoms with Gasteiger partial charge in [0.15, 0.2) is 6.10 Å². The van der Waals surface area contributed by atoms with Crippen molar-refractivity contribution in [3.8, 4) is 0 Å². The van der Waals surface area contributed by atoms with E-state index in [0.29, 0.717) is 19.3 Å². The number of hydrogen-bond donors (Lipinski definition) is 0. The minimum absolute atomic E-state index is 0.0706. The van der Waals surface area contributed by atoms with E-state index in [0.717, 1.165) is 83.5 Å². The number of hydrogen-bond acceptors (Lipinski definition) is 6. The molecule has 6 heteroatoms. The smallest absolute Gasteiger partial charge is 0.306 e. The highest BCUT2D eigenvalue weighted by atomic mass is 16.6. The summed E-state index contributed by atoms with van der Waals surface area (Å²) in [6, 6.07) is 0. The molecule has 0 amide bonds. The Labute approximate surface area is 373 Å². The largest absolute Gasteiger partial charge is 0.462 e. The second kappa shape index (κ2) is 49.5. The Kier molecular flexibility index (Phi) is 47.8. The lowest BCUT2D eigenvalue weighted by atomic mass is 10.0. The number of carbonyl (C=O) groups is 3. The van der Waals surface area contributed by atoms with E-state index in [9.17, 15) is 14.4 Å². The van der Waals surface area contributed by atoms with E-state index in [1.807, 2.05) is 0 Å². The molecule has 0 saturated heterocycles. The molecule has 1 atom stereocenters. The summed E-state index contributed by atoms with van der Waals surface area (Å²) in [4.78, 5) is 38.0. The first-order valence-electron chi connectivity index (χ1n) is 26.3. The lowest BCUT2D eigenvalue weighted by Crippen LogP contribution is -2.30. The molecule has 0 spiro atoms. The maximum absolute atomic E-state index is 12.8. The van der Waals surface area contributed by atoms with Gasteiger partial charge < -0.3 is 14.2 Å². The van der Waals surface area contributed by atoms with Gasteiger partial charge >= 0.3 is 17.9 Å². The fourth-order valence-corrected chi connectivity index (χ4v) is 7.78. The van der Waals surface area contributed by atoms with Gasteiger partial charge in [-0.1, -0.05) is 244 Å². The summed E-state index contributed by atoms with van der Waals surface area (Å²) in [5.74, 6) is -0.870. The van der Waals surface area contributed by atoms with Gasteiger partial charge in [-0.2, -0.15) is 0 Å². The van der Waals surface area contributed by atoms with Crippen LogP contribution in [0.1, 0.15) is 284 Å². The van der Waals surface area contributed by atoms with Crippen LogP contribution in [0.25, 0.3) is 0 Å². The highest BCUT2D eigenvalue weighted by Crippen LogP contribution is 2.16. The molecule has 0 aromatic carbocycles. The van der Waals surface area contributed by atoms with Crippen molar-refractivity contribution in [3.63, 3.8) is 0 Å². The topological polar surface area (TPSA) is 78.9 Å². The molecule has 1 unspecified atom stereocenters. The molecule has 0 aliphatic rings. The van der Waals surface area contributed by atoms with E-state index in [4.69, 9.17) is 14.2 Å². The van der Waals surface area contributed by atoms with Crippen LogP contribution in [0.4, 0.5) is 0 Å². The number of unbranched alkanes of at least 4 members (excludes halogenated alkanes) is 33. The summed E-state index contributed by atoms with van der Waals surface area (Å²) in [7, 11) is 0. The summed E-state index contributed by atoms with van der Waals surface area (Å²) in [6.07, 6.45) is 55.9. The van der Waals surface area contributed by atoms with E-state index >= 15 is 0 Å². The quantitative estimate of drug-likeness (QED) is 0.0263. The summed E-state index contributed by atoms with van der Waals surface area (Å²) in [6.45, 7) is 6.55. The van der Waals surface area contributed by atoms with Crippen LogP contribution < -0.4 is 0 Å². The number of rotatable bonds is 48. The first-order valence-corrected chi connectivity index (χ1v) is 26.3. The second-order valence-electron chi connectivity index (χ2n) is 17.8. The normalized spacial score (nSPS) is 12.1. The first-order chi connectivity index (χ1) is 29.5. The fourth-order valence-electron chi connectivity index (χ4n) is 7.78. The summed E-state index contributed by atoms with van der Waals surface area (Å²) < 4.78 is 16.8. The van der Waals surface area contributed by atoms with Crippen LogP contribution in [0.15, 0.2) is 24.3 Å². The van der Waals surface area contributed by atoms with Crippen molar-refractivity contribution in [2.45, 2.75) is 290 Å². The lowest BCUT2D eigenvalue weighted by Gasteiger charge is -2.18. The van der Waals surface area contributed by atoms with Crippen molar-refractivity contribution < 1.29 is 28.6 Å². The van der Waals surface area contributed by atoms with Crippen molar-refractivity contribution in [2.24, 2.45) is 0 Å². The van der Waals surface area contributed by atoms with Crippen LogP contribution in [0.2, 0.25) is 0 Å². The van der Waals surface area contributed by atoms with Gasteiger partial charge in [-0.15, -0.1) is 0 Å². The number of ether oxygens (including phenoxy) is 3. The van der Waals surface area contributed by atoms with Gasteiger partial charge in [-0.05, 0) is 44.9 Å². The van der Waals surface area contributed by atoms with Crippen molar-refractivity contribution in [3.05, 3.63) is 24.3 Å². The van der Waals surface area contributed by atoms with Crippen LogP contribution in [0.5, 0.6) is 0 Å². The first kappa shape index (κ1) is 57.9. The predicted molar refractivity (Wildman–Crippen MR) is 256 cm³/mol. The minimum atomic E-state index is -0.770. The third kappa shape index (κ3) is 46.9. The van der Waals surface area contributed by atoms with Gasteiger partial charge in [0.1, 0.15) is 13.2 Å². The molecule has 0 aliphatic heterocycles. The zero-order chi connectivity index (χ0) is 43.7. The SMILES string of the molecule is CC/C=C\C/C=C\CCCCCCCC(=O)OCC(COC(=O)CCCCCCCCCCCCCCCCC)OC(=O)CCCCCCCCCCCCCCCCC. The fraction of sp³-hybridized carbons (Fsp3) is 0.870. The number of allylic oxidation sites excluding steroid dienone is 4. The Bertz CT molecular complexity index is 973. The van der Waals surface area contributed by atoms with E-state index in [2.05, 4.69) is 45.1 Å². The molecule has 352 valence electrons. The van der Waals surface area contributed by atoms with E-state index in [1.54, 1.807) is 0 Å². The van der Waals surface area contributed by atoms with Crippen LogP contribution in [-0.2, 0) is 28.6 Å². The molecule has 0 fully saturated rings. The number of carbonyl (C=O) groups excluding carboxylic acids is 3. The lowest BCUT2D eigenvalue weighted by molar-refractivity contribution is -0.167. The molecular formula is C54H100O6. The molecule has 0 heterocycles. The minimum Gasteiger partial charge on any atom is -0.462 e. The van der Waals surface area contributed by atoms with E-state index in [1.165, 1.54) is 161 Å². The Morgan fingerprint density at radius 2 is 0.650 bits per heavy atom. The molecule has 0 rings (SSSR count). The van der Waals surface area contributed by atoms with E-state index in [-0.39, 0.29) is 31.1 Å². The van der Waals surface area contributed by atoms with Gasteiger partial charge in [0.25, 0.3) is 0 Å². The Morgan fingerprint density at radius 3 is 1.00 bits per heavy atom. The van der Waals surface area contributed by atoms with Gasteiger partial charge in [-0.3, -0.25) is 14.4 Å². The molecule has 0 radical (unpaired) electrons. The Hall–Kier alpha value is -2.11. The predicted octanol–water partition coefficient (Wildman–Crippen LogP) is 17.2. The highest BCUT2D eigenvalue weighted by molar-refractivity contribution is 5.71. The van der Waals surface area contributed by atoms with Crippen molar-refractivity contribution in [1.29, 1.82) is 0 Å². The molecule has 0 saturated carbocycles. The third-order valence-electron chi connectivity index (χ3n) is 11.7. The third-order valence-corrected chi connectivity index (χ3v) is 11.7. The molecule has 0 N–H and O–H groups in total. The van der Waals surface area contributed by atoms with Crippen LogP contribution in [-0.4, -0.2) is 37.2 Å². The molecule has 0 bridgehead atoms. The van der Waals surface area contributed by atoms with Crippen LogP contribution in [0.3, 0.4) is 0 Å². The van der Waals surface area contributed by atoms with Crippen molar-refractivity contribution in [2.75, 3.05) is 13.2 Å². The van der Waals surface area contributed by atoms with Crippen molar-refractivity contribution in [1.82, 2.24) is 0 Å². The highest BCUT2D eigenvalue weighted by Gasteiger charge is 2.19. The molecule has 0 aliphatic carbocycles. The monoisotopic (exact) mass is 845 g/mol. The van der Waals surface area contributed by atoms with Crippen molar-refractivity contribution >= 4 is 17.9 Å². The number of esters is 3. The van der Waals surface area contributed by atoms with Crippen LogP contribution in [0, 0.1) is 0 Å².